The van der Waals surface area contributed by atoms with Crippen LogP contribution in [0.4, 0.5) is 5.00 Å². The maximum absolute atomic E-state index is 12.8. The van der Waals surface area contributed by atoms with E-state index < -0.39 is 5.97 Å². The van der Waals surface area contributed by atoms with Crippen LogP contribution in [0.25, 0.3) is 0 Å². The van der Waals surface area contributed by atoms with Crippen molar-refractivity contribution in [3.05, 3.63) is 44.2 Å². The Kier molecular flexibility index (Phi) is 6.39. The predicted molar refractivity (Wildman–Crippen MR) is 119 cm³/mol. The summed E-state index contributed by atoms with van der Waals surface area (Å²) in [7, 11) is 2.95. The van der Waals surface area contributed by atoms with Crippen LogP contribution in [-0.4, -0.2) is 26.1 Å². The molecule has 0 aliphatic heterocycles. The minimum absolute atomic E-state index is 0.200. The number of esters is 1. The van der Waals surface area contributed by atoms with Crippen LogP contribution in [0.3, 0.4) is 0 Å². The average Bonchev–Trinajstić information content (AvgIpc) is 3.03. The van der Waals surface area contributed by atoms with Crippen LogP contribution < -0.4 is 10.1 Å². The van der Waals surface area contributed by atoms with Gasteiger partial charge in [-0.1, -0.05) is 20.8 Å². The van der Waals surface area contributed by atoms with Gasteiger partial charge in [0, 0.05) is 10.4 Å². The monoisotopic (exact) mass is 479 g/mol. The summed E-state index contributed by atoms with van der Waals surface area (Å²) in [6.07, 6.45) is 2.76. The van der Waals surface area contributed by atoms with E-state index in [0.717, 1.165) is 24.8 Å². The third-order valence-electron chi connectivity index (χ3n) is 5.52. The molecule has 156 valence electrons. The van der Waals surface area contributed by atoms with Gasteiger partial charge in [-0.15, -0.1) is 11.3 Å². The van der Waals surface area contributed by atoms with Crippen molar-refractivity contribution in [3.63, 3.8) is 0 Å². The minimum Gasteiger partial charge on any atom is -0.496 e. The minimum atomic E-state index is -0.400. The second kappa shape index (κ2) is 8.48. The lowest BCUT2D eigenvalue weighted by Gasteiger charge is -2.33. The van der Waals surface area contributed by atoms with Crippen molar-refractivity contribution in [2.24, 2.45) is 11.3 Å². The molecular formula is C22H26BrNO4S. The quantitative estimate of drug-likeness (QED) is 0.570. The molecule has 5 nitrogen and oxygen atoms in total. The number of hydrogen-bond donors (Lipinski definition) is 1. The zero-order chi connectivity index (χ0) is 21.3. The number of halogens is 1. The summed E-state index contributed by atoms with van der Waals surface area (Å²) in [6.45, 7) is 6.76. The fraction of sp³-hybridized carbons (Fsp3) is 0.455. The lowest BCUT2D eigenvalue weighted by Crippen LogP contribution is -2.26. The van der Waals surface area contributed by atoms with Gasteiger partial charge in [0.25, 0.3) is 5.91 Å². The number of ether oxygens (including phenoxy) is 2. The topological polar surface area (TPSA) is 64.6 Å². The molecule has 3 rings (SSSR count). The molecule has 1 amide bonds. The molecule has 0 spiro atoms. The van der Waals surface area contributed by atoms with Crippen molar-refractivity contribution in [2.75, 3.05) is 19.5 Å². The van der Waals surface area contributed by atoms with E-state index in [9.17, 15) is 9.59 Å². The van der Waals surface area contributed by atoms with Gasteiger partial charge in [-0.3, -0.25) is 4.79 Å². The van der Waals surface area contributed by atoms with Crippen LogP contribution in [0.2, 0.25) is 0 Å². The number of benzene rings is 1. The first-order chi connectivity index (χ1) is 13.7. The summed E-state index contributed by atoms with van der Waals surface area (Å²) in [4.78, 5) is 26.5. The van der Waals surface area contributed by atoms with E-state index in [1.54, 1.807) is 25.3 Å². The second-order valence-corrected chi connectivity index (χ2v) is 10.3. The molecule has 1 aromatic carbocycles. The molecule has 1 heterocycles. The maximum atomic E-state index is 12.8. The third kappa shape index (κ3) is 4.51. The summed E-state index contributed by atoms with van der Waals surface area (Å²) in [5, 5.41) is 3.50. The average molecular weight is 480 g/mol. The number of carbonyl (C=O) groups is 2. The number of nitrogens with one attached hydrogen (secondary N) is 1. The van der Waals surface area contributed by atoms with Gasteiger partial charge in [0.1, 0.15) is 10.8 Å². The first kappa shape index (κ1) is 21.8. The van der Waals surface area contributed by atoms with E-state index in [-0.39, 0.29) is 11.3 Å². The van der Waals surface area contributed by atoms with Crippen molar-refractivity contribution in [1.82, 2.24) is 0 Å². The van der Waals surface area contributed by atoms with E-state index in [1.807, 2.05) is 0 Å². The molecule has 0 radical (unpaired) electrons. The molecule has 1 aliphatic rings. The number of rotatable bonds is 4. The Morgan fingerprint density at radius 3 is 2.55 bits per heavy atom. The Balaban J connectivity index is 1.93. The van der Waals surface area contributed by atoms with Crippen LogP contribution in [0, 0.1) is 11.3 Å². The first-order valence-electron chi connectivity index (χ1n) is 9.53. The highest BCUT2D eigenvalue weighted by atomic mass is 79.9. The number of methoxy groups -OCH3 is 2. The smallest absolute Gasteiger partial charge is 0.341 e. The molecule has 2 aromatic rings. The fourth-order valence-corrected chi connectivity index (χ4v) is 5.57. The number of thiophene rings is 1. The highest BCUT2D eigenvalue weighted by Crippen LogP contribution is 2.44. The van der Waals surface area contributed by atoms with Crippen LogP contribution in [0.1, 0.15) is 58.3 Å². The van der Waals surface area contributed by atoms with Gasteiger partial charge < -0.3 is 14.8 Å². The zero-order valence-corrected chi connectivity index (χ0v) is 19.8. The molecule has 29 heavy (non-hydrogen) atoms. The molecule has 1 unspecified atom stereocenters. The van der Waals surface area contributed by atoms with Gasteiger partial charge >= 0.3 is 5.97 Å². The van der Waals surface area contributed by atoms with Crippen molar-refractivity contribution in [3.8, 4) is 5.75 Å². The highest BCUT2D eigenvalue weighted by molar-refractivity contribution is 9.10. The standard InChI is InChI=1S/C22H26BrNO4S/c1-22(2,3)13-7-8-14-17(11-13)29-20(18(14)21(26)28-5)24-19(25)12-6-9-16(27-4)15(23)10-12/h6,9-10,13H,7-8,11H2,1-5H3,(H,24,25). The van der Waals surface area contributed by atoms with Crippen LogP contribution in [0.15, 0.2) is 22.7 Å². The van der Waals surface area contributed by atoms with Crippen LogP contribution >= 0.6 is 27.3 Å². The van der Waals surface area contributed by atoms with E-state index >= 15 is 0 Å². The molecule has 7 heteroatoms. The van der Waals surface area contributed by atoms with Gasteiger partial charge in [0.15, 0.2) is 0 Å². The van der Waals surface area contributed by atoms with Gasteiger partial charge in [0.05, 0.1) is 24.3 Å². The number of carbonyl (C=O) groups excluding carboxylic acids is 2. The molecule has 0 saturated heterocycles. The van der Waals surface area contributed by atoms with Gasteiger partial charge in [-0.2, -0.15) is 0 Å². The Hall–Kier alpha value is -1.86. The Morgan fingerprint density at radius 2 is 1.97 bits per heavy atom. The predicted octanol–water partition coefficient (Wildman–Crippen LogP) is 5.71. The zero-order valence-electron chi connectivity index (χ0n) is 17.3. The molecule has 0 fully saturated rings. The van der Waals surface area contributed by atoms with Gasteiger partial charge in [-0.05, 0) is 70.3 Å². The molecule has 0 bridgehead atoms. The van der Waals surface area contributed by atoms with Crippen molar-refractivity contribution >= 4 is 44.1 Å². The molecule has 0 saturated carbocycles. The number of amides is 1. The fourth-order valence-electron chi connectivity index (χ4n) is 3.71. The second-order valence-electron chi connectivity index (χ2n) is 8.31. The van der Waals surface area contributed by atoms with E-state index in [4.69, 9.17) is 9.47 Å². The van der Waals surface area contributed by atoms with Crippen molar-refractivity contribution < 1.29 is 19.1 Å². The third-order valence-corrected chi connectivity index (χ3v) is 7.31. The Labute approximate surface area is 183 Å². The Morgan fingerprint density at radius 1 is 1.24 bits per heavy atom. The van der Waals surface area contributed by atoms with Crippen molar-refractivity contribution in [2.45, 2.75) is 40.0 Å². The van der Waals surface area contributed by atoms with Gasteiger partial charge in [0.2, 0.25) is 0 Å². The molecule has 1 N–H and O–H groups in total. The summed E-state index contributed by atoms with van der Waals surface area (Å²) in [5.41, 5.74) is 2.20. The van der Waals surface area contributed by atoms with E-state index in [2.05, 4.69) is 42.0 Å². The normalized spacial score (nSPS) is 16.1. The highest BCUT2D eigenvalue weighted by Gasteiger charge is 2.34. The van der Waals surface area contributed by atoms with Crippen LogP contribution in [-0.2, 0) is 17.6 Å². The summed E-state index contributed by atoms with van der Waals surface area (Å²) in [5.74, 6) is 0.518. The summed E-state index contributed by atoms with van der Waals surface area (Å²) < 4.78 is 10.9. The molecule has 1 aliphatic carbocycles. The molecule has 1 aromatic heterocycles. The van der Waals surface area contributed by atoms with Crippen molar-refractivity contribution in [1.29, 1.82) is 0 Å². The summed E-state index contributed by atoms with van der Waals surface area (Å²) in [6, 6.07) is 5.13. The molecular weight excluding hydrogens is 454 g/mol. The van der Waals surface area contributed by atoms with E-state index in [0.29, 0.717) is 32.3 Å². The SMILES string of the molecule is COC(=O)c1c(NC(=O)c2ccc(OC)c(Br)c2)sc2c1CCC(C(C)(C)C)C2. The van der Waals surface area contributed by atoms with E-state index in [1.165, 1.54) is 23.3 Å². The largest absolute Gasteiger partial charge is 0.496 e. The first-order valence-corrected chi connectivity index (χ1v) is 11.1. The lowest BCUT2D eigenvalue weighted by molar-refractivity contribution is 0.0600. The Bertz CT molecular complexity index is 945. The number of hydrogen-bond acceptors (Lipinski definition) is 5. The van der Waals surface area contributed by atoms with Gasteiger partial charge in [-0.25, -0.2) is 4.79 Å². The van der Waals surface area contributed by atoms with Crippen LogP contribution in [0.5, 0.6) is 5.75 Å². The summed E-state index contributed by atoms with van der Waals surface area (Å²) >= 11 is 4.90. The number of anilines is 1. The maximum Gasteiger partial charge on any atom is 0.341 e. The molecule has 1 atom stereocenters. The number of fused-ring (bicyclic) bond motifs is 1. The lowest BCUT2D eigenvalue weighted by atomic mass is 9.72.